The summed E-state index contributed by atoms with van der Waals surface area (Å²) in [4.78, 5) is 0.938. The van der Waals surface area contributed by atoms with E-state index in [4.69, 9.17) is 4.42 Å². The summed E-state index contributed by atoms with van der Waals surface area (Å²) in [5, 5.41) is 31.7. The summed E-state index contributed by atoms with van der Waals surface area (Å²) >= 11 is 2.93. The molecule has 3 aromatic heterocycles. The molecule has 10 heteroatoms. The van der Waals surface area contributed by atoms with Crippen LogP contribution in [-0.4, -0.2) is 35.5 Å². The highest BCUT2D eigenvalue weighted by Crippen LogP contribution is 2.26. The predicted octanol–water partition coefficient (Wildman–Crippen LogP) is 2.77. The van der Waals surface area contributed by atoms with Crippen molar-refractivity contribution in [3.05, 3.63) is 47.7 Å². The molecule has 0 saturated heterocycles. The van der Waals surface area contributed by atoms with Crippen molar-refractivity contribution < 1.29 is 9.52 Å². The highest BCUT2D eigenvalue weighted by Gasteiger charge is 2.13. The first-order chi connectivity index (χ1) is 11.8. The minimum atomic E-state index is 0.188. The lowest BCUT2D eigenvalue weighted by molar-refractivity contribution is 0.475. The Labute approximate surface area is 144 Å². The minimum absolute atomic E-state index is 0.188. The maximum atomic E-state index is 9.36. The van der Waals surface area contributed by atoms with E-state index in [1.54, 1.807) is 40.3 Å². The SMILES string of the molecule is Oc1ccc(-n2nnnc2SCc2nnc(-c3cccs3)o2)cc1. The number of benzene rings is 1. The summed E-state index contributed by atoms with van der Waals surface area (Å²) in [6.07, 6.45) is 0. The zero-order chi connectivity index (χ0) is 16.4. The second-order valence-corrected chi connectivity index (χ2v) is 6.55. The van der Waals surface area contributed by atoms with Gasteiger partial charge in [-0.2, -0.15) is 4.68 Å². The molecule has 0 atom stereocenters. The third kappa shape index (κ3) is 3.01. The minimum Gasteiger partial charge on any atom is -0.508 e. The Morgan fingerprint density at radius 2 is 2.00 bits per heavy atom. The van der Waals surface area contributed by atoms with E-state index in [1.807, 2.05) is 17.5 Å². The normalized spacial score (nSPS) is 11.0. The van der Waals surface area contributed by atoms with E-state index in [2.05, 4.69) is 25.7 Å². The summed E-state index contributed by atoms with van der Waals surface area (Å²) in [5.41, 5.74) is 0.755. The van der Waals surface area contributed by atoms with Gasteiger partial charge in [0.15, 0.2) is 0 Å². The highest BCUT2D eigenvalue weighted by atomic mass is 32.2. The van der Waals surface area contributed by atoms with Crippen LogP contribution < -0.4 is 0 Å². The van der Waals surface area contributed by atoms with Crippen LogP contribution >= 0.6 is 23.1 Å². The molecule has 0 bridgehead atoms. The maximum Gasteiger partial charge on any atom is 0.257 e. The van der Waals surface area contributed by atoms with Crippen LogP contribution in [0.2, 0.25) is 0 Å². The van der Waals surface area contributed by atoms with Gasteiger partial charge in [-0.15, -0.1) is 26.6 Å². The van der Waals surface area contributed by atoms with Crippen molar-refractivity contribution in [2.45, 2.75) is 10.9 Å². The molecule has 0 radical (unpaired) electrons. The Balaban J connectivity index is 1.49. The molecule has 0 fully saturated rings. The zero-order valence-electron chi connectivity index (χ0n) is 12.1. The molecule has 24 heavy (non-hydrogen) atoms. The number of thioether (sulfide) groups is 1. The van der Waals surface area contributed by atoms with Crippen LogP contribution in [0.15, 0.2) is 51.4 Å². The molecule has 1 aromatic carbocycles. The van der Waals surface area contributed by atoms with Crippen molar-refractivity contribution in [1.29, 1.82) is 0 Å². The van der Waals surface area contributed by atoms with Gasteiger partial charge in [0, 0.05) is 0 Å². The summed E-state index contributed by atoms with van der Waals surface area (Å²) in [6, 6.07) is 10.5. The summed E-state index contributed by atoms with van der Waals surface area (Å²) < 4.78 is 7.23. The fourth-order valence-corrected chi connectivity index (χ4v) is 3.33. The molecule has 0 aliphatic carbocycles. The van der Waals surface area contributed by atoms with Crippen LogP contribution in [-0.2, 0) is 5.75 Å². The van der Waals surface area contributed by atoms with Crippen molar-refractivity contribution in [3.8, 4) is 22.2 Å². The van der Waals surface area contributed by atoms with Gasteiger partial charge >= 0.3 is 0 Å². The zero-order valence-corrected chi connectivity index (χ0v) is 13.7. The second-order valence-electron chi connectivity index (χ2n) is 4.66. The molecule has 0 aliphatic rings. The Kier molecular flexibility index (Phi) is 3.97. The van der Waals surface area contributed by atoms with E-state index in [1.165, 1.54) is 11.8 Å². The number of nitrogens with zero attached hydrogens (tertiary/aromatic N) is 6. The molecule has 4 rings (SSSR count). The molecule has 120 valence electrons. The van der Waals surface area contributed by atoms with Gasteiger partial charge in [0.2, 0.25) is 11.0 Å². The van der Waals surface area contributed by atoms with Crippen LogP contribution in [0.25, 0.3) is 16.5 Å². The molecule has 0 saturated carbocycles. The van der Waals surface area contributed by atoms with E-state index >= 15 is 0 Å². The number of hydrogen-bond acceptors (Lipinski definition) is 9. The van der Waals surface area contributed by atoms with Crippen LogP contribution in [0.5, 0.6) is 5.75 Å². The predicted molar refractivity (Wildman–Crippen MR) is 88.0 cm³/mol. The van der Waals surface area contributed by atoms with E-state index in [0.29, 0.717) is 22.7 Å². The Morgan fingerprint density at radius 3 is 2.79 bits per heavy atom. The van der Waals surface area contributed by atoms with Gasteiger partial charge in [-0.25, -0.2) is 0 Å². The molecule has 0 aliphatic heterocycles. The largest absolute Gasteiger partial charge is 0.508 e. The number of aromatic nitrogens is 6. The molecular formula is C14H10N6O2S2. The fourth-order valence-electron chi connectivity index (χ4n) is 1.96. The molecule has 0 unspecified atom stereocenters. The summed E-state index contributed by atoms with van der Waals surface area (Å²) in [5.74, 6) is 1.66. The third-order valence-corrected chi connectivity index (χ3v) is 4.82. The van der Waals surface area contributed by atoms with Crippen molar-refractivity contribution in [3.63, 3.8) is 0 Å². The molecule has 8 nitrogen and oxygen atoms in total. The topological polar surface area (TPSA) is 103 Å². The number of thiophene rings is 1. The molecule has 0 amide bonds. The van der Waals surface area contributed by atoms with Crippen molar-refractivity contribution in [2.24, 2.45) is 0 Å². The molecule has 4 aromatic rings. The molecule has 1 N–H and O–H groups in total. The molecule has 0 spiro atoms. The van der Waals surface area contributed by atoms with Crippen molar-refractivity contribution in [1.82, 2.24) is 30.4 Å². The van der Waals surface area contributed by atoms with Gasteiger partial charge in [0.25, 0.3) is 5.89 Å². The van der Waals surface area contributed by atoms with Gasteiger partial charge < -0.3 is 9.52 Å². The third-order valence-electron chi connectivity index (χ3n) is 3.06. The first kappa shape index (κ1) is 14.8. The average molecular weight is 358 g/mol. The Morgan fingerprint density at radius 1 is 1.12 bits per heavy atom. The number of tetrazole rings is 1. The summed E-state index contributed by atoms with van der Waals surface area (Å²) in [7, 11) is 0. The maximum absolute atomic E-state index is 9.36. The lowest BCUT2D eigenvalue weighted by atomic mass is 10.3. The van der Waals surface area contributed by atoms with E-state index in [9.17, 15) is 5.11 Å². The highest BCUT2D eigenvalue weighted by molar-refractivity contribution is 7.98. The van der Waals surface area contributed by atoms with Gasteiger partial charge in [0.1, 0.15) is 5.75 Å². The Bertz CT molecular complexity index is 933. The van der Waals surface area contributed by atoms with Crippen molar-refractivity contribution >= 4 is 23.1 Å². The lowest BCUT2D eigenvalue weighted by Crippen LogP contribution is -1.98. The van der Waals surface area contributed by atoms with Crippen LogP contribution in [0.3, 0.4) is 0 Å². The van der Waals surface area contributed by atoms with Gasteiger partial charge in [-0.3, -0.25) is 0 Å². The number of phenolic OH excluding ortho intramolecular Hbond substituents is 1. The van der Waals surface area contributed by atoms with Gasteiger partial charge in [-0.05, 0) is 46.1 Å². The second kappa shape index (κ2) is 6.42. The van der Waals surface area contributed by atoms with E-state index < -0.39 is 0 Å². The first-order valence-corrected chi connectivity index (χ1v) is 8.73. The number of rotatable bonds is 5. The lowest BCUT2D eigenvalue weighted by Gasteiger charge is -2.03. The van der Waals surface area contributed by atoms with Crippen LogP contribution in [0.4, 0.5) is 0 Å². The molecular weight excluding hydrogens is 348 g/mol. The summed E-state index contributed by atoms with van der Waals surface area (Å²) in [6.45, 7) is 0. The van der Waals surface area contributed by atoms with E-state index in [-0.39, 0.29) is 5.75 Å². The van der Waals surface area contributed by atoms with Gasteiger partial charge in [-0.1, -0.05) is 17.8 Å². The standard InChI is InChI=1S/C14H10N6O2S2/c21-10-5-3-9(4-6-10)20-14(17-18-19-20)24-8-12-15-16-13(22-12)11-2-1-7-23-11/h1-7,21H,8H2. The van der Waals surface area contributed by atoms with Crippen LogP contribution in [0, 0.1) is 0 Å². The van der Waals surface area contributed by atoms with Gasteiger partial charge in [0.05, 0.1) is 16.3 Å². The quantitative estimate of drug-likeness (QED) is 0.543. The van der Waals surface area contributed by atoms with Crippen molar-refractivity contribution in [2.75, 3.05) is 0 Å². The van der Waals surface area contributed by atoms with E-state index in [0.717, 1.165) is 10.6 Å². The monoisotopic (exact) mass is 358 g/mol. The fraction of sp³-hybridized carbons (Fsp3) is 0.0714. The smallest absolute Gasteiger partial charge is 0.257 e. The number of phenols is 1. The molecule has 3 heterocycles. The Hall–Kier alpha value is -2.72. The number of aromatic hydroxyl groups is 1. The number of hydrogen-bond donors (Lipinski definition) is 1. The van der Waals surface area contributed by atoms with Crippen LogP contribution in [0.1, 0.15) is 5.89 Å². The average Bonchev–Trinajstić information content (AvgIpc) is 3.34. The first-order valence-electron chi connectivity index (χ1n) is 6.86.